The number of rotatable bonds is 8. The van der Waals surface area contributed by atoms with Gasteiger partial charge in [0.05, 0.1) is 7.11 Å². The predicted molar refractivity (Wildman–Crippen MR) is 78.3 cm³/mol. The number of esters is 2. The van der Waals surface area contributed by atoms with Crippen molar-refractivity contribution in [2.75, 3.05) is 7.11 Å². The first-order valence-electron chi connectivity index (χ1n) is 7.16. The monoisotopic (exact) mass is 308 g/mol. The second-order valence-corrected chi connectivity index (χ2v) is 4.63. The molecule has 0 saturated carbocycles. The maximum atomic E-state index is 11.6. The maximum absolute atomic E-state index is 11.6. The number of para-hydroxylation sites is 1. The third-order valence-electron chi connectivity index (χ3n) is 2.85. The lowest BCUT2D eigenvalue weighted by atomic mass is 10.1. The quantitative estimate of drug-likeness (QED) is 0.317. The van der Waals surface area contributed by atoms with Crippen LogP contribution in [-0.4, -0.2) is 25.2 Å². The minimum absolute atomic E-state index is 0.156. The van der Waals surface area contributed by atoms with Crippen LogP contribution in [0.15, 0.2) is 30.3 Å². The van der Waals surface area contributed by atoms with Crippen LogP contribution in [0.3, 0.4) is 0 Å². The van der Waals surface area contributed by atoms with Crippen LogP contribution in [0.2, 0.25) is 0 Å². The Labute approximate surface area is 129 Å². The number of benzene rings is 1. The summed E-state index contributed by atoms with van der Waals surface area (Å²) in [4.78, 5) is 33.4. The van der Waals surface area contributed by atoms with Gasteiger partial charge in [-0.2, -0.15) is 0 Å². The molecule has 0 fully saturated rings. The molecule has 22 heavy (non-hydrogen) atoms. The second kappa shape index (κ2) is 10.4. The van der Waals surface area contributed by atoms with Crippen LogP contribution < -0.4 is 4.74 Å². The zero-order valence-electron chi connectivity index (χ0n) is 12.6. The topological polar surface area (TPSA) is 78.9 Å². The first-order chi connectivity index (χ1) is 10.6. The molecule has 0 unspecified atom stereocenters. The molecule has 6 nitrogen and oxygen atoms in total. The zero-order valence-corrected chi connectivity index (χ0v) is 12.6. The summed E-state index contributed by atoms with van der Waals surface area (Å²) in [5.41, 5.74) is 0. The van der Waals surface area contributed by atoms with Crippen molar-refractivity contribution in [1.82, 2.24) is 0 Å². The third-order valence-corrected chi connectivity index (χ3v) is 2.85. The summed E-state index contributed by atoms with van der Waals surface area (Å²) < 4.78 is 13.7. The van der Waals surface area contributed by atoms with Crippen LogP contribution in [0.4, 0.5) is 4.79 Å². The molecule has 0 aliphatic heterocycles. The van der Waals surface area contributed by atoms with Gasteiger partial charge in [-0.1, -0.05) is 31.0 Å². The van der Waals surface area contributed by atoms with E-state index in [4.69, 9.17) is 4.74 Å². The number of carbonyl (C=O) groups is 3. The van der Waals surface area contributed by atoms with E-state index in [0.29, 0.717) is 25.0 Å². The van der Waals surface area contributed by atoms with Crippen LogP contribution in [0.5, 0.6) is 5.75 Å². The van der Waals surface area contributed by atoms with Crippen molar-refractivity contribution in [2.45, 2.75) is 38.5 Å². The second-order valence-electron chi connectivity index (χ2n) is 4.63. The van der Waals surface area contributed by atoms with Gasteiger partial charge in [-0.25, -0.2) is 4.79 Å². The fourth-order valence-electron chi connectivity index (χ4n) is 1.75. The molecule has 0 saturated heterocycles. The molecule has 0 aliphatic rings. The fraction of sp³-hybridized carbons (Fsp3) is 0.438. The minimum atomic E-state index is -0.992. The molecule has 0 atom stereocenters. The standard InChI is InChI=1S/C16H20O6/c1-20-16(19)22-15(18)12-8-3-2-7-11-14(17)21-13-9-5-4-6-10-13/h4-6,9-10H,2-3,7-8,11-12H2,1H3. The molecule has 0 spiro atoms. The molecule has 6 heteroatoms. The number of hydrogen-bond acceptors (Lipinski definition) is 6. The van der Waals surface area contributed by atoms with E-state index in [-0.39, 0.29) is 12.4 Å². The molecule has 120 valence electrons. The number of hydrogen-bond donors (Lipinski definition) is 0. The Bertz CT molecular complexity index is 483. The Kier molecular flexibility index (Phi) is 8.33. The maximum Gasteiger partial charge on any atom is 0.515 e. The first-order valence-corrected chi connectivity index (χ1v) is 7.16. The van der Waals surface area contributed by atoms with Crippen molar-refractivity contribution in [3.63, 3.8) is 0 Å². The van der Waals surface area contributed by atoms with Gasteiger partial charge in [0.15, 0.2) is 0 Å². The van der Waals surface area contributed by atoms with Crippen molar-refractivity contribution in [3.8, 4) is 5.75 Å². The summed E-state index contributed by atoms with van der Waals surface area (Å²) in [7, 11) is 1.14. The molecule has 0 bridgehead atoms. The van der Waals surface area contributed by atoms with Crippen molar-refractivity contribution < 1.29 is 28.6 Å². The molecule has 0 aromatic heterocycles. The molecule has 0 aliphatic carbocycles. The molecular weight excluding hydrogens is 288 g/mol. The highest BCUT2D eigenvalue weighted by atomic mass is 16.7. The summed E-state index contributed by atoms with van der Waals surface area (Å²) in [6.07, 6.45) is 2.37. The third kappa shape index (κ3) is 8.04. The van der Waals surface area contributed by atoms with Gasteiger partial charge in [-0.3, -0.25) is 9.59 Å². The summed E-state index contributed by atoms with van der Waals surface area (Å²) in [5, 5.41) is 0. The van der Waals surface area contributed by atoms with E-state index < -0.39 is 12.1 Å². The lowest BCUT2D eigenvalue weighted by Crippen LogP contribution is -2.11. The highest BCUT2D eigenvalue weighted by molar-refractivity contribution is 5.81. The normalized spacial score (nSPS) is 9.86. The van der Waals surface area contributed by atoms with E-state index in [0.717, 1.165) is 20.0 Å². The average Bonchev–Trinajstić information content (AvgIpc) is 2.51. The van der Waals surface area contributed by atoms with Crippen LogP contribution in [0, 0.1) is 0 Å². The Hall–Kier alpha value is -2.37. The zero-order chi connectivity index (χ0) is 16.2. The molecule has 0 radical (unpaired) electrons. The van der Waals surface area contributed by atoms with E-state index in [2.05, 4.69) is 9.47 Å². The van der Waals surface area contributed by atoms with Gasteiger partial charge in [0, 0.05) is 12.8 Å². The van der Waals surface area contributed by atoms with E-state index in [1.54, 1.807) is 24.3 Å². The SMILES string of the molecule is COC(=O)OC(=O)CCCCCCC(=O)Oc1ccccc1. The van der Waals surface area contributed by atoms with Crippen molar-refractivity contribution >= 4 is 18.1 Å². The lowest BCUT2D eigenvalue weighted by Gasteiger charge is -2.04. The lowest BCUT2D eigenvalue weighted by molar-refractivity contribution is -0.139. The van der Waals surface area contributed by atoms with Crippen molar-refractivity contribution in [3.05, 3.63) is 30.3 Å². The number of methoxy groups -OCH3 is 1. The smallest absolute Gasteiger partial charge is 0.437 e. The highest BCUT2D eigenvalue weighted by Gasteiger charge is 2.09. The molecule has 0 amide bonds. The highest BCUT2D eigenvalue weighted by Crippen LogP contribution is 2.11. The van der Waals surface area contributed by atoms with Crippen LogP contribution in [0.25, 0.3) is 0 Å². The van der Waals surface area contributed by atoms with E-state index >= 15 is 0 Å². The molecule has 0 heterocycles. The number of carbonyl (C=O) groups excluding carboxylic acids is 3. The predicted octanol–water partition coefficient (Wildman–Crippen LogP) is 3.24. The van der Waals surface area contributed by atoms with E-state index in [1.165, 1.54) is 0 Å². The van der Waals surface area contributed by atoms with E-state index in [1.807, 2.05) is 6.07 Å². The number of ether oxygens (including phenoxy) is 3. The minimum Gasteiger partial charge on any atom is -0.437 e. The van der Waals surface area contributed by atoms with Crippen molar-refractivity contribution in [1.29, 1.82) is 0 Å². The Morgan fingerprint density at radius 2 is 1.45 bits per heavy atom. The van der Waals surface area contributed by atoms with Crippen LogP contribution in [0.1, 0.15) is 38.5 Å². The van der Waals surface area contributed by atoms with Gasteiger partial charge in [0.1, 0.15) is 5.75 Å². The van der Waals surface area contributed by atoms with Gasteiger partial charge in [-0.15, -0.1) is 0 Å². The molecule has 0 N–H and O–H groups in total. The summed E-state index contributed by atoms with van der Waals surface area (Å²) in [6.45, 7) is 0. The Morgan fingerprint density at radius 3 is 2.05 bits per heavy atom. The Morgan fingerprint density at radius 1 is 0.864 bits per heavy atom. The van der Waals surface area contributed by atoms with Gasteiger partial charge in [0.2, 0.25) is 0 Å². The first kappa shape index (κ1) is 17.7. The molecule has 1 aromatic carbocycles. The van der Waals surface area contributed by atoms with Crippen molar-refractivity contribution in [2.24, 2.45) is 0 Å². The van der Waals surface area contributed by atoms with Gasteiger partial charge in [-0.05, 0) is 25.0 Å². The van der Waals surface area contributed by atoms with Gasteiger partial charge < -0.3 is 14.2 Å². The van der Waals surface area contributed by atoms with Crippen LogP contribution >= 0.6 is 0 Å². The van der Waals surface area contributed by atoms with Gasteiger partial charge >= 0.3 is 18.1 Å². The molecule has 1 rings (SSSR count). The van der Waals surface area contributed by atoms with Crippen LogP contribution in [-0.2, 0) is 19.1 Å². The summed E-state index contributed by atoms with van der Waals surface area (Å²) in [5.74, 6) is -0.329. The fourth-order valence-corrected chi connectivity index (χ4v) is 1.75. The van der Waals surface area contributed by atoms with Gasteiger partial charge in [0.25, 0.3) is 0 Å². The average molecular weight is 308 g/mol. The number of unbranched alkanes of at least 4 members (excludes halogenated alkanes) is 3. The summed E-state index contributed by atoms with van der Waals surface area (Å²) >= 11 is 0. The van der Waals surface area contributed by atoms with E-state index in [9.17, 15) is 14.4 Å². The molecular formula is C16H20O6. The Balaban J connectivity index is 2.02. The summed E-state index contributed by atoms with van der Waals surface area (Å²) in [6, 6.07) is 8.91. The molecule has 1 aromatic rings. The largest absolute Gasteiger partial charge is 0.515 e.